The number of hydrogen-bond acceptors (Lipinski definition) is 2. The molecule has 0 saturated carbocycles. The molecule has 0 saturated heterocycles. The van der Waals surface area contributed by atoms with E-state index in [1.165, 1.54) is 37.4 Å². The van der Waals surface area contributed by atoms with Crippen molar-refractivity contribution in [1.29, 1.82) is 0 Å². The number of hydrogen-bond donors (Lipinski definition) is 0. The molecule has 0 fully saturated rings. The van der Waals surface area contributed by atoms with Crippen molar-refractivity contribution in [3.8, 4) is 0 Å². The summed E-state index contributed by atoms with van der Waals surface area (Å²) in [6.45, 7) is -0.180. The Labute approximate surface area is 130 Å². The van der Waals surface area contributed by atoms with Crippen LogP contribution in [0, 0.1) is 11.6 Å². The van der Waals surface area contributed by atoms with Gasteiger partial charge in [-0.15, -0.1) is 0 Å². The lowest BCUT2D eigenvalue weighted by Gasteiger charge is -2.18. The first kappa shape index (κ1) is 16.1. The summed E-state index contributed by atoms with van der Waals surface area (Å²) in [5, 5.41) is 0. The first-order valence-corrected chi connectivity index (χ1v) is 8.20. The van der Waals surface area contributed by atoms with Gasteiger partial charge in [0.1, 0.15) is 16.5 Å². The van der Waals surface area contributed by atoms with Crippen LogP contribution in [0.4, 0.5) is 8.78 Å². The number of halogens is 3. The molecule has 0 heterocycles. The molecule has 0 N–H and O–H groups in total. The van der Waals surface area contributed by atoms with Crippen LogP contribution in [0.25, 0.3) is 0 Å². The maximum Gasteiger partial charge on any atom is 0.246 e. The lowest BCUT2D eigenvalue weighted by molar-refractivity contribution is 0.450. The molecule has 7 heteroatoms. The van der Waals surface area contributed by atoms with Crippen molar-refractivity contribution in [1.82, 2.24) is 4.31 Å². The molecule has 0 atom stereocenters. The molecule has 2 aromatic rings. The minimum atomic E-state index is -4.05. The molecule has 3 nitrogen and oxygen atoms in total. The van der Waals surface area contributed by atoms with Gasteiger partial charge in [-0.1, -0.05) is 34.1 Å². The van der Waals surface area contributed by atoms with Gasteiger partial charge in [-0.05, 0) is 24.3 Å². The molecular weight excluding hydrogens is 364 g/mol. The fraction of sp³-hybridized carbons (Fsp3) is 0.143. The van der Waals surface area contributed by atoms with Crippen molar-refractivity contribution < 1.29 is 17.2 Å². The Morgan fingerprint density at radius 1 is 1.10 bits per heavy atom. The number of rotatable bonds is 4. The molecule has 2 rings (SSSR count). The fourth-order valence-electron chi connectivity index (χ4n) is 1.79. The molecule has 0 aliphatic rings. The third-order valence-corrected chi connectivity index (χ3v) is 5.24. The van der Waals surface area contributed by atoms with E-state index >= 15 is 0 Å². The molecule has 0 amide bonds. The van der Waals surface area contributed by atoms with Crippen LogP contribution in [0.2, 0.25) is 0 Å². The summed E-state index contributed by atoms with van der Waals surface area (Å²) in [6, 6.07) is 9.51. The minimum absolute atomic E-state index is 0.180. The van der Waals surface area contributed by atoms with E-state index in [4.69, 9.17) is 0 Å². The van der Waals surface area contributed by atoms with E-state index < -0.39 is 26.6 Å². The largest absolute Gasteiger partial charge is 0.246 e. The smallest absolute Gasteiger partial charge is 0.207 e. The molecule has 112 valence electrons. The van der Waals surface area contributed by atoms with Crippen LogP contribution in [-0.2, 0) is 16.6 Å². The van der Waals surface area contributed by atoms with Crippen molar-refractivity contribution in [2.24, 2.45) is 0 Å². The number of nitrogens with zero attached hydrogens (tertiary/aromatic N) is 1. The second-order valence-corrected chi connectivity index (χ2v) is 7.36. The quantitative estimate of drug-likeness (QED) is 0.819. The average molecular weight is 376 g/mol. The molecule has 0 radical (unpaired) electrons. The lowest BCUT2D eigenvalue weighted by atomic mass is 10.2. The van der Waals surface area contributed by atoms with Crippen LogP contribution in [0.1, 0.15) is 5.56 Å². The van der Waals surface area contributed by atoms with E-state index in [0.29, 0.717) is 4.47 Å². The molecule has 0 unspecified atom stereocenters. The summed E-state index contributed by atoms with van der Waals surface area (Å²) in [7, 11) is -2.77. The maximum absolute atomic E-state index is 13.7. The van der Waals surface area contributed by atoms with Crippen LogP contribution in [0.5, 0.6) is 0 Å². The summed E-state index contributed by atoms with van der Waals surface area (Å²) in [4.78, 5) is -0.448. The van der Waals surface area contributed by atoms with Gasteiger partial charge < -0.3 is 0 Å². The first-order valence-electron chi connectivity index (χ1n) is 5.97. The highest BCUT2D eigenvalue weighted by atomic mass is 79.9. The predicted octanol–water partition coefficient (Wildman–Crippen LogP) is 3.55. The second kappa shape index (κ2) is 6.21. The molecule has 0 aliphatic carbocycles. The fourth-order valence-corrected chi connectivity index (χ4v) is 3.54. The molecule has 0 aliphatic heterocycles. The van der Waals surface area contributed by atoms with Crippen LogP contribution in [-0.4, -0.2) is 19.8 Å². The predicted molar refractivity (Wildman–Crippen MR) is 79.2 cm³/mol. The molecule has 21 heavy (non-hydrogen) atoms. The van der Waals surface area contributed by atoms with Gasteiger partial charge in [0.15, 0.2) is 0 Å². The molecule has 0 bridgehead atoms. The summed E-state index contributed by atoms with van der Waals surface area (Å²) < 4.78 is 53.4. The lowest BCUT2D eigenvalue weighted by Crippen LogP contribution is -2.27. The van der Waals surface area contributed by atoms with E-state index in [9.17, 15) is 17.2 Å². The van der Waals surface area contributed by atoms with Crippen LogP contribution in [0.15, 0.2) is 51.8 Å². The highest BCUT2D eigenvalue weighted by Crippen LogP contribution is 2.24. The monoisotopic (exact) mass is 375 g/mol. The Balaban J connectivity index is 2.35. The van der Waals surface area contributed by atoms with E-state index in [1.807, 2.05) is 0 Å². The van der Waals surface area contributed by atoms with Crippen LogP contribution in [0.3, 0.4) is 0 Å². The van der Waals surface area contributed by atoms with Gasteiger partial charge in [-0.25, -0.2) is 17.2 Å². The Hall–Kier alpha value is -1.31. The van der Waals surface area contributed by atoms with Gasteiger partial charge in [0.25, 0.3) is 0 Å². The zero-order chi connectivity index (χ0) is 15.6. The average Bonchev–Trinajstić information content (AvgIpc) is 2.43. The van der Waals surface area contributed by atoms with E-state index in [0.717, 1.165) is 10.4 Å². The van der Waals surface area contributed by atoms with Gasteiger partial charge in [0, 0.05) is 23.6 Å². The van der Waals surface area contributed by atoms with Gasteiger partial charge in [-0.2, -0.15) is 4.31 Å². The third kappa shape index (κ3) is 3.48. The standard InChI is InChI=1S/C14H12BrF2NO2S/c1-18(9-10-4-2-3-5-12(10)16)21(19,20)14-8-11(15)6-7-13(14)17/h2-8H,9H2,1H3. The summed E-state index contributed by atoms with van der Waals surface area (Å²) in [5.74, 6) is -1.35. The highest BCUT2D eigenvalue weighted by molar-refractivity contribution is 9.10. The Kier molecular flexibility index (Phi) is 4.75. The van der Waals surface area contributed by atoms with Crippen molar-refractivity contribution in [2.75, 3.05) is 7.05 Å². The van der Waals surface area contributed by atoms with Crippen LogP contribution < -0.4 is 0 Å². The summed E-state index contributed by atoms with van der Waals surface area (Å²) >= 11 is 3.11. The van der Waals surface area contributed by atoms with Crippen molar-refractivity contribution in [3.63, 3.8) is 0 Å². The van der Waals surface area contributed by atoms with Crippen LogP contribution >= 0.6 is 15.9 Å². The SMILES string of the molecule is CN(Cc1ccccc1F)S(=O)(=O)c1cc(Br)ccc1F. The molecule has 0 aromatic heterocycles. The Morgan fingerprint density at radius 3 is 2.43 bits per heavy atom. The van der Waals surface area contributed by atoms with Gasteiger partial charge >= 0.3 is 0 Å². The highest BCUT2D eigenvalue weighted by Gasteiger charge is 2.25. The van der Waals surface area contributed by atoms with Gasteiger partial charge in [0.05, 0.1) is 0 Å². The Bertz CT molecular complexity index is 765. The summed E-state index contributed by atoms with van der Waals surface area (Å²) in [6.07, 6.45) is 0. The Morgan fingerprint density at radius 2 is 1.76 bits per heavy atom. The molecule has 0 spiro atoms. The first-order chi connectivity index (χ1) is 9.82. The van der Waals surface area contributed by atoms with Gasteiger partial charge in [-0.3, -0.25) is 0 Å². The van der Waals surface area contributed by atoms with Gasteiger partial charge in [0.2, 0.25) is 10.0 Å². The second-order valence-electron chi connectivity index (χ2n) is 4.43. The number of benzene rings is 2. The molecule has 2 aromatic carbocycles. The zero-order valence-corrected chi connectivity index (χ0v) is 13.5. The zero-order valence-electron chi connectivity index (χ0n) is 11.1. The minimum Gasteiger partial charge on any atom is -0.207 e. The van der Waals surface area contributed by atoms with E-state index in [1.54, 1.807) is 6.07 Å². The normalized spacial score (nSPS) is 11.9. The van der Waals surface area contributed by atoms with Crippen molar-refractivity contribution >= 4 is 26.0 Å². The van der Waals surface area contributed by atoms with E-state index in [-0.39, 0.29) is 12.1 Å². The summed E-state index contributed by atoms with van der Waals surface area (Å²) in [5.41, 5.74) is 0.221. The third-order valence-electron chi connectivity index (χ3n) is 2.93. The molecular formula is C14H12BrF2NO2S. The topological polar surface area (TPSA) is 37.4 Å². The maximum atomic E-state index is 13.7. The van der Waals surface area contributed by atoms with E-state index in [2.05, 4.69) is 15.9 Å². The van der Waals surface area contributed by atoms with Crippen molar-refractivity contribution in [3.05, 3.63) is 64.1 Å². The number of sulfonamides is 1. The van der Waals surface area contributed by atoms with Crippen molar-refractivity contribution in [2.45, 2.75) is 11.4 Å².